The van der Waals surface area contributed by atoms with Gasteiger partial charge in [0.25, 0.3) is 0 Å². The molecule has 1 atom stereocenters. The maximum atomic E-state index is 12.8. The lowest BCUT2D eigenvalue weighted by molar-refractivity contribution is -0.140. The topological polar surface area (TPSA) is 63.4 Å². The molecule has 0 saturated heterocycles. The molecule has 2 amide bonds. The second-order valence-corrected chi connectivity index (χ2v) is 6.14. The Morgan fingerprint density at radius 3 is 2.73 bits per heavy atom. The normalized spacial score (nSPS) is 16.9. The van der Waals surface area contributed by atoms with Crippen LogP contribution in [0.25, 0.3) is 0 Å². The van der Waals surface area contributed by atoms with Crippen LogP contribution in [0.2, 0.25) is 0 Å². The molecule has 0 spiro atoms. The van der Waals surface area contributed by atoms with Crippen molar-refractivity contribution >= 4 is 11.8 Å². The van der Waals surface area contributed by atoms with Gasteiger partial charge in [-0.3, -0.25) is 9.59 Å². The molecule has 2 N–H and O–H groups in total. The number of benzene rings is 2. The van der Waals surface area contributed by atoms with E-state index in [1.807, 2.05) is 0 Å². The summed E-state index contributed by atoms with van der Waals surface area (Å²) in [7, 11) is 0. The van der Waals surface area contributed by atoms with Crippen LogP contribution >= 0.6 is 0 Å². The van der Waals surface area contributed by atoms with E-state index in [4.69, 9.17) is 5.73 Å². The standard InChI is InChI=1S/C19H16F3N2O2/c20-19(21,22)14-6-3-4-12(10-14)11-16(25)24-9-8-13-5-1-2-7-15(13)17(24)18(23)26/h2-7,10,17H,8-9,11H2,(H2,23,26). The number of rotatable bonds is 3. The summed E-state index contributed by atoms with van der Waals surface area (Å²) >= 11 is 0. The number of hydrogen-bond acceptors (Lipinski definition) is 2. The number of alkyl halides is 3. The van der Waals surface area contributed by atoms with Crippen molar-refractivity contribution < 1.29 is 22.8 Å². The van der Waals surface area contributed by atoms with Crippen molar-refractivity contribution in [1.29, 1.82) is 0 Å². The molecule has 4 nitrogen and oxygen atoms in total. The van der Waals surface area contributed by atoms with Crippen LogP contribution in [0.5, 0.6) is 0 Å². The van der Waals surface area contributed by atoms with Gasteiger partial charge in [-0.15, -0.1) is 0 Å². The molecular formula is C19H16F3N2O2. The fourth-order valence-electron chi connectivity index (χ4n) is 3.21. The summed E-state index contributed by atoms with van der Waals surface area (Å²) in [5.41, 5.74) is 6.45. The predicted molar refractivity (Wildman–Crippen MR) is 87.8 cm³/mol. The molecule has 7 heteroatoms. The lowest BCUT2D eigenvalue weighted by Gasteiger charge is -2.35. The van der Waals surface area contributed by atoms with Gasteiger partial charge in [-0.25, -0.2) is 0 Å². The minimum Gasteiger partial charge on any atom is -0.368 e. The Morgan fingerprint density at radius 1 is 1.27 bits per heavy atom. The Balaban J connectivity index is 1.85. The monoisotopic (exact) mass is 361 g/mol. The molecule has 0 aromatic heterocycles. The number of amides is 2. The second kappa shape index (κ2) is 6.82. The summed E-state index contributed by atoms with van der Waals surface area (Å²) in [6, 6.07) is 11.7. The molecule has 0 fully saturated rings. The molecule has 0 aliphatic carbocycles. The molecule has 0 saturated carbocycles. The zero-order valence-electron chi connectivity index (χ0n) is 13.7. The van der Waals surface area contributed by atoms with Crippen molar-refractivity contribution in [3.8, 4) is 0 Å². The lowest BCUT2D eigenvalue weighted by Crippen LogP contribution is -2.46. The van der Waals surface area contributed by atoms with Gasteiger partial charge in [0, 0.05) is 6.54 Å². The van der Waals surface area contributed by atoms with Gasteiger partial charge in [-0.2, -0.15) is 13.2 Å². The summed E-state index contributed by atoms with van der Waals surface area (Å²) < 4.78 is 38.5. The molecule has 1 radical (unpaired) electrons. The van der Waals surface area contributed by atoms with E-state index in [0.29, 0.717) is 12.0 Å². The molecule has 1 aliphatic rings. The van der Waals surface area contributed by atoms with Gasteiger partial charge in [0.1, 0.15) is 6.04 Å². The summed E-state index contributed by atoms with van der Waals surface area (Å²) in [6.45, 7) is 0.274. The van der Waals surface area contributed by atoms with Crippen LogP contribution in [0, 0.1) is 6.07 Å². The molecule has 2 aromatic carbocycles. The van der Waals surface area contributed by atoms with Crippen molar-refractivity contribution in [3.05, 3.63) is 70.8 Å². The SMILES string of the molecule is NC(=O)C1c2cc[c]cc2CCN1C(=O)Cc1cccc(C(F)(F)F)c1. The number of hydrogen-bond donors (Lipinski definition) is 1. The Labute approximate surface area is 148 Å². The maximum absolute atomic E-state index is 12.8. The first-order chi connectivity index (χ1) is 12.3. The average Bonchev–Trinajstić information content (AvgIpc) is 2.60. The van der Waals surface area contributed by atoms with Crippen LogP contribution < -0.4 is 5.73 Å². The van der Waals surface area contributed by atoms with E-state index < -0.39 is 29.6 Å². The van der Waals surface area contributed by atoms with Crippen LogP contribution in [-0.2, 0) is 28.6 Å². The highest BCUT2D eigenvalue weighted by Gasteiger charge is 2.35. The van der Waals surface area contributed by atoms with E-state index in [1.165, 1.54) is 17.0 Å². The van der Waals surface area contributed by atoms with Crippen molar-refractivity contribution in [2.45, 2.75) is 25.1 Å². The number of primary amides is 1. The predicted octanol–water partition coefficient (Wildman–Crippen LogP) is 2.66. The molecule has 0 bridgehead atoms. The van der Waals surface area contributed by atoms with Crippen LogP contribution in [0.1, 0.15) is 28.3 Å². The van der Waals surface area contributed by atoms with Gasteiger partial charge in [0.15, 0.2) is 0 Å². The molecule has 26 heavy (non-hydrogen) atoms. The van der Waals surface area contributed by atoms with Crippen molar-refractivity contribution in [3.63, 3.8) is 0 Å². The lowest BCUT2D eigenvalue weighted by atomic mass is 9.91. The molecule has 135 valence electrons. The van der Waals surface area contributed by atoms with Crippen molar-refractivity contribution in [2.75, 3.05) is 6.54 Å². The summed E-state index contributed by atoms with van der Waals surface area (Å²) in [6.07, 6.45) is -4.18. The average molecular weight is 361 g/mol. The van der Waals surface area contributed by atoms with Gasteiger partial charge in [-0.1, -0.05) is 36.4 Å². The number of nitrogens with two attached hydrogens (primary N) is 1. The van der Waals surface area contributed by atoms with E-state index in [0.717, 1.165) is 17.7 Å². The maximum Gasteiger partial charge on any atom is 0.416 e. The highest BCUT2D eigenvalue weighted by molar-refractivity contribution is 5.89. The minimum atomic E-state index is -4.48. The summed E-state index contributed by atoms with van der Waals surface area (Å²) in [5, 5.41) is 0. The smallest absolute Gasteiger partial charge is 0.368 e. The van der Waals surface area contributed by atoms with Crippen molar-refractivity contribution in [1.82, 2.24) is 4.90 Å². The van der Waals surface area contributed by atoms with E-state index in [1.54, 1.807) is 18.2 Å². The first-order valence-corrected chi connectivity index (χ1v) is 8.01. The number of carbonyl (C=O) groups excluding carboxylic acids is 2. The Bertz CT molecular complexity index is 849. The van der Waals surface area contributed by atoms with E-state index in [2.05, 4.69) is 6.07 Å². The number of halogens is 3. The zero-order valence-corrected chi connectivity index (χ0v) is 13.7. The largest absolute Gasteiger partial charge is 0.416 e. The van der Waals surface area contributed by atoms with E-state index in [-0.39, 0.29) is 18.5 Å². The van der Waals surface area contributed by atoms with E-state index >= 15 is 0 Å². The van der Waals surface area contributed by atoms with Gasteiger partial charge >= 0.3 is 6.18 Å². The summed E-state index contributed by atoms with van der Waals surface area (Å²) in [5.74, 6) is -1.11. The first-order valence-electron chi connectivity index (χ1n) is 8.01. The fourth-order valence-corrected chi connectivity index (χ4v) is 3.21. The Hall–Kier alpha value is -2.83. The molecule has 1 aliphatic heterocycles. The molecule has 1 unspecified atom stereocenters. The third-order valence-electron chi connectivity index (χ3n) is 4.42. The third-order valence-corrected chi connectivity index (χ3v) is 4.42. The first kappa shape index (κ1) is 18.0. The van der Waals surface area contributed by atoms with Crippen LogP contribution in [0.3, 0.4) is 0 Å². The van der Waals surface area contributed by atoms with Crippen molar-refractivity contribution in [2.24, 2.45) is 5.73 Å². The van der Waals surface area contributed by atoms with Crippen LogP contribution in [0.4, 0.5) is 13.2 Å². The molecule has 3 rings (SSSR count). The quantitative estimate of drug-likeness (QED) is 0.914. The van der Waals surface area contributed by atoms with Crippen LogP contribution in [0.15, 0.2) is 42.5 Å². The zero-order chi connectivity index (χ0) is 18.9. The van der Waals surface area contributed by atoms with Gasteiger partial charge in [0.2, 0.25) is 11.8 Å². The molecular weight excluding hydrogens is 345 g/mol. The molecule has 1 heterocycles. The minimum absolute atomic E-state index is 0.234. The summed E-state index contributed by atoms with van der Waals surface area (Å²) in [4.78, 5) is 26.0. The van der Waals surface area contributed by atoms with E-state index in [9.17, 15) is 22.8 Å². The fraction of sp³-hybridized carbons (Fsp3) is 0.263. The van der Waals surface area contributed by atoms with Gasteiger partial charge < -0.3 is 10.6 Å². The van der Waals surface area contributed by atoms with Gasteiger partial charge in [0.05, 0.1) is 12.0 Å². The van der Waals surface area contributed by atoms with Crippen LogP contribution in [-0.4, -0.2) is 23.3 Å². The third kappa shape index (κ3) is 3.56. The highest BCUT2D eigenvalue weighted by Crippen LogP contribution is 2.31. The number of carbonyl (C=O) groups is 2. The Morgan fingerprint density at radius 2 is 2.04 bits per heavy atom. The number of fused-ring (bicyclic) bond motifs is 1. The highest BCUT2D eigenvalue weighted by atomic mass is 19.4. The Kier molecular flexibility index (Phi) is 4.71. The number of nitrogens with zero attached hydrogens (tertiary/aromatic N) is 1. The van der Waals surface area contributed by atoms with Gasteiger partial charge in [-0.05, 0) is 35.2 Å². The second-order valence-electron chi connectivity index (χ2n) is 6.14. The molecule has 2 aromatic rings.